The summed E-state index contributed by atoms with van der Waals surface area (Å²) in [5.41, 5.74) is 2.27. The predicted molar refractivity (Wildman–Crippen MR) is 192 cm³/mol. The van der Waals surface area contributed by atoms with Gasteiger partial charge in [-0.15, -0.1) is 0 Å². The van der Waals surface area contributed by atoms with Gasteiger partial charge in [0.05, 0.1) is 6.61 Å². The van der Waals surface area contributed by atoms with Crippen molar-refractivity contribution in [3.8, 4) is 0 Å². The molecule has 0 aliphatic carbocycles. The number of amides is 1. The van der Waals surface area contributed by atoms with Gasteiger partial charge in [-0.05, 0) is 28.9 Å². The summed E-state index contributed by atoms with van der Waals surface area (Å²) in [5, 5.41) is 2.62. The molecule has 1 atom stereocenters. The molecule has 0 radical (unpaired) electrons. The minimum absolute atomic E-state index is 0.276. The molecule has 1 unspecified atom stereocenters. The van der Waals surface area contributed by atoms with Crippen LogP contribution in [-0.4, -0.2) is 37.4 Å². The van der Waals surface area contributed by atoms with Crippen molar-refractivity contribution in [2.75, 3.05) is 25.2 Å². The maximum Gasteiger partial charge on any atom is 0.407 e. The van der Waals surface area contributed by atoms with Gasteiger partial charge in [0.15, 0.2) is 0 Å². The van der Waals surface area contributed by atoms with Crippen molar-refractivity contribution < 1.29 is 14.3 Å². The molecule has 3 aromatic rings. The molecule has 0 saturated carbocycles. The Kier molecular flexibility index (Phi) is 18.5. The number of benzene rings is 3. The molecule has 1 N–H and O–H groups in total. The van der Waals surface area contributed by atoms with Crippen LogP contribution in [0.15, 0.2) is 91.0 Å². The fourth-order valence-corrected chi connectivity index (χ4v) is 6.93. The van der Waals surface area contributed by atoms with E-state index in [2.05, 4.69) is 48.6 Å². The highest BCUT2D eigenvalue weighted by atomic mass is 32.2. The number of rotatable bonds is 24. The van der Waals surface area contributed by atoms with Gasteiger partial charge in [0.25, 0.3) is 0 Å². The fraction of sp³-hybridized carbons (Fsp3) is 0.525. The monoisotopic (exact) mass is 631 g/mol. The highest BCUT2D eigenvalue weighted by Crippen LogP contribution is 2.40. The third kappa shape index (κ3) is 13.2. The number of hydrogen-bond donors (Lipinski definition) is 1. The molecule has 4 nitrogen and oxygen atoms in total. The first-order valence-corrected chi connectivity index (χ1v) is 18.6. The molecule has 0 aromatic heterocycles. The molecule has 0 spiro atoms. The van der Waals surface area contributed by atoms with Crippen LogP contribution in [0.25, 0.3) is 0 Å². The van der Waals surface area contributed by atoms with Gasteiger partial charge in [-0.25, -0.2) is 4.79 Å². The van der Waals surface area contributed by atoms with Crippen LogP contribution in [0.2, 0.25) is 0 Å². The maximum atomic E-state index is 12.3. The molecule has 3 rings (SSSR count). The second kappa shape index (κ2) is 22.7. The Morgan fingerprint density at radius 3 is 1.44 bits per heavy atom. The van der Waals surface area contributed by atoms with Gasteiger partial charge in [0.1, 0.15) is 11.7 Å². The molecule has 0 fully saturated rings. The Labute approximate surface area is 278 Å². The molecule has 246 valence electrons. The van der Waals surface area contributed by atoms with E-state index in [4.69, 9.17) is 9.47 Å². The Hall–Kier alpha value is -2.76. The van der Waals surface area contributed by atoms with Gasteiger partial charge in [-0.2, -0.15) is 11.8 Å². The minimum atomic E-state index is -0.840. The van der Waals surface area contributed by atoms with Crippen LogP contribution in [-0.2, 0) is 15.1 Å². The number of unbranched alkanes of at least 4 members (excludes halogenated alkanes) is 13. The average molecular weight is 632 g/mol. The molecule has 0 aliphatic heterocycles. The van der Waals surface area contributed by atoms with Crippen LogP contribution in [0.5, 0.6) is 0 Å². The van der Waals surface area contributed by atoms with Gasteiger partial charge in [-0.1, -0.05) is 181 Å². The lowest BCUT2D eigenvalue weighted by Crippen LogP contribution is -2.38. The summed E-state index contributed by atoms with van der Waals surface area (Å²) in [4.78, 5) is 12.3. The zero-order valence-electron chi connectivity index (χ0n) is 27.9. The van der Waals surface area contributed by atoms with E-state index in [0.717, 1.165) is 22.4 Å². The molecule has 0 aliphatic rings. The van der Waals surface area contributed by atoms with E-state index in [0.29, 0.717) is 5.75 Å². The van der Waals surface area contributed by atoms with Crippen molar-refractivity contribution >= 4 is 17.9 Å². The van der Waals surface area contributed by atoms with E-state index < -0.39 is 11.7 Å². The lowest BCUT2D eigenvalue weighted by Gasteiger charge is -2.37. The smallest absolute Gasteiger partial charge is 0.407 e. The van der Waals surface area contributed by atoms with Crippen LogP contribution >= 0.6 is 11.8 Å². The third-order valence-electron chi connectivity index (χ3n) is 8.45. The van der Waals surface area contributed by atoms with Crippen molar-refractivity contribution in [1.29, 1.82) is 0 Å². The first kappa shape index (κ1) is 36.7. The number of nitrogens with one attached hydrogen (secondary N) is 1. The molecule has 45 heavy (non-hydrogen) atoms. The van der Waals surface area contributed by atoms with Crippen LogP contribution in [0, 0.1) is 0 Å². The summed E-state index contributed by atoms with van der Waals surface area (Å²) < 4.78 is 12.8. The Balaban J connectivity index is 1.49. The van der Waals surface area contributed by atoms with Gasteiger partial charge < -0.3 is 14.8 Å². The van der Waals surface area contributed by atoms with Crippen LogP contribution in [0.4, 0.5) is 4.79 Å². The lowest BCUT2D eigenvalue weighted by atomic mass is 9.80. The van der Waals surface area contributed by atoms with E-state index in [1.54, 1.807) is 7.05 Å². The highest BCUT2D eigenvalue weighted by molar-refractivity contribution is 7.99. The molecule has 1 amide bonds. The third-order valence-corrected chi connectivity index (χ3v) is 9.64. The SMILES string of the molecule is CCCCCCCCCCCCCCCCSCC(COC(c1ccccc1)(c1ccccc1)c1ccccc1)OC(=O)NC. The number of carbonyl (C=O) groups excluding carboxylic acids is 1. The minimum Gasteiger partial charge on any atom is -0.443 e. The summed E-state index contributed by atoms with van der Waals surface area (Å²) in [6.07, 6.45) is 18.3. The summed E-state index contributed by atoms with van der Waals surface area (Å²) >= 11 is 1.85. The number of thioether (sulfide) groups is 1. The lowest BCUT2D eigenvalue weighted by molar-refractivity contribution is -0.0357. The zero-order chi connectivity index (χ0) is 31.8. The average Bonchev–Trinajstić information content (AvgIpc) is 3.09. The van der Waals surface area contributed by atoms with Gasteiger partial charge in [-0.3, -0.25) is 0 Å². The predicted octanol–water partition coefficient (Wildman–Crippen LogP) is 10.9. The van der Waals surface area contributed by atoms with E-state index in [9.17, 15) is 4.79 Å². The van der Waals surface area contributed by atoms with Crippen molar-refractivity contribution in [1.82, 2.24) is 5.32 Å². The molecule has 5 heteroatoms. The van der Waals surface area contributed by atoms with Gasteiger partial charge >= 0.3 is 6.09 Å². The normalized spacial score (nSPS) is 12.1. The number of carbonyl (C=O) groups is 1. The molecule has 0 saturated heterocycles. The second-order valence-corrected chi connectivity index (χ2v) is 13.2. The molecular weight excluding hydrogens is 575 g/mol. The van der Waals surface area contributed by atoms with Gasteiger partial charge in [0.2, 0.25) is 0 Å². The molecule has 0 bridgehead atoms. The van der Waals surface area contributed by atoms with Crippen LogP contribution in [0.1, 0.15) is 114 Å². The Bertz CT molecular complexity index is 1050. The summed E-state index contributed by atoms with van der Waals surface area (Å²) in [6.45, 7) is 2.56. The summed E-state index contributed by atoms with van der Waals surface area (Å²) in [5.74, 6) is 1.76. The number of ether oxygens (including phenoxy) is 2. The zero-order valence-corrected chi connectivity index (χ0v) is 28.7. The van der Waals surface area contributed by atoms with E-state index in [-0.39, 0.29) is 12.7 Å². The molecule has 0 heterocycles. The van der Waals surface area contributed by atoms with Crippen LogP contribution in [0.3, 0.4) is 0 Å². The fourth-order valence-electron chi connectivity index (χ4n) is 5.93. The van der Waals surface area contributed by atoms with E-state index in [1.165, 1.54) is 89.9 Å². The highest BCUT2D eigenvalue weighted by Gasteiger charge is 2.38. The molecule has 3 aromatic carbocycles. The maximum absolute atomic E-state index is 12.3. The Morgan fingerprint density at radius 2 is 1.04 bits per heavy atom. The van der Waals surface area contributed by atoms with Crippen LogP contribution < -0.4 is 5.32 Å². The quantitative estimate of drug-likeness (QED) is 0.0789. The largest absolute Gasteiger partial charge is 0.443 e. The topological polar surface area (TPSA) is 47.6 Å². The van der Waals surface area contributed by atoms with Crippen molar-refractivity contribution in [2.45, 2.75) is 109 Å². The number of hydrogen-bond acceptors (Lipinski definition) is 4. The first-order chi connectivity index (χ1) is 22.2. The van der Waals surface area contributed by atoms with Crippen molar-refractivity contribution in [3.63, 3.8) is 0 Å². The second-order valence-electron chi connectivity index (χ2n) is 12.0. The van der Waals surface area contributed by atoms with Crippen molar-refractivity contribution in [2.24, 2.45) is 0 Å². The van der Waals surface area contributed by atoms with Gasteiger partial charge in [0, 0.05) is 12.8 Å². The summed E-state index contributed by atoms with van der Waals surface area (Å²) in [6, 6.07) is 31.0. The Morgan fingerprint density at radius 1 is 0.644 bits per heavy atom. The summed E-state index contributed by atoms with van der Waals surface area (Å²) in [7, 11) is 1.60. The van der Waals surface area contributed by atoms with E-state index >= 15 is 0 Å². The number of alkyl carbamates (subject to hydrolysis) is 1. The molecular formula is C40H57NO3S. The standard InChI is InChI=1S/C40H57NO3S/c1-3-4-5-6-7-8-9-10-11-12-13-14-15-25-32-45-34-38(44-39(42)41-2)33-43-40(35-26-19-16-20-27-35,36-28-21-17-22-29-36)37-30-23-18-24-31-37/h16-24,26-31,38H,3-15,25,32-34H2,1-2H3,(H,41,42). The van der Waals surface area contributed by atoms with Crippen molar-refractivity contribution in [3.05, 3.63) is 108 Å². The van der Waals surface area contributed by atoms with E-state index in [1.807, 2.05) is 66.4 Å². The first-order valence-electron chi connectivity index (χ1n) is 17.5.